The molecule has 0 saturated carbocycles. The first-order valence-corrected chi connectivity index (χ1v) is 7.31. The number of benzene rings is 1. The molecule has 0 aliphatic rings. The summed E-state index contributed by atoms with van der Waals surface area (Å²) in [5.74, 6) is 0.473. The number of quaternary nitrogens is 1. The fourth-order valence-corrected chi connectivity index (χ4v) is 1.81. The molecule has 4 nitrogen and oxygen atoms in total. The Balaban J connectivity index is 2.17. The molecule has 1 aromatic carbocycles. The molecule has 0 saturated heterocycles. The van der Waals surface area contributed by atoms with Crippen LogP contribution in [-0.4, -0.2) is 32.3 Å². The van der Waals surface area contributed by atoms with Gasteiger partial charge in [0, 0.05) is 0 Å². The van der Waals surface area contributed by atoms with Crippen LogP contribution < -0.4 is 10.1 Å². The van der Waals surface area contributed by atoms with Gasteiger partial charge in [-0.05, 0) is 50.5 Å². The minimum Gasteiger partial charge on any atom is -0.494 e. The molecule has 0 spiro atoms. The van der Waals surface area contributed by atoms with E-state index >= 15 is 0 Å². The van der Waals surface area contributed by atoms with Crippen molar-refractivity contribution in [3.05, 3.63) is 29.8 Å². The van der Waals surface area contributed by atoms with E-state index in [9.17, 15) is 4.79 Å². The number of nitrogens with two attached hydrogens (primary N) is 1. The molecule has 0 aliphatic heterocycles. The van der Waals surface area contributed by atoms with Gasteiger partial charge in [0.15, 0.2) is 0 Å². The van der Waals surface area contributed by atoms with Crippen molar-refractivity contribution in [2.24, 2.45) is 0 Å². The first kappa shape index (κ1) is 16.5. The molecule has 0 bridgehead atoms. The molecule has 1 rings (SSSR count). The minimum absolute atomic E-state index is 0.322. The number of ether oxygens (including phenoxy) is 2. The Morgan fingerprint density at radius 1 is 1.25 bits per heavy atom. The van der Waals surface area contributed by atoms with E-state index < -0.39 is 0 Å². The average Bonchev–Trinajstić information content (AvgIpc) is 2.50. The third-order valence-electron chi connectivity index (χ3n) is 3.36. The van der Waals surface area contributed by atoms with E-state index in [4.69, 9.17) is 4.74 Å². The summed E-state index contributed by atoms with van der Waals surface area (Å²) in [5, 5.41) is 2.38. The molecule has 0 heterocycles. The second kappa shape index (κ2) is 9.37. The number of hydrogen-bond acceptors (Lipinski definition) is 3. The van der Waals surface area contributed by atoms with E-state index in [1.54, 1.807) is 24.3 Å². The predicted octanol–water partition coefficient (Wildman–Crippen LogP) is 1.99. The van der Waals surface area contributed by atoms with Gasteiger partial charge in [0.05, 0.1) is 31.9 Å². The van der Waals surface area contributed by atoms with Crippen LogP contribution in [0.15, 0.2) is 24.3 Å². The zero-order chi connectivity index (χ0) is 14.8. The van der Waals surface area contributed by atoms with E-state index in [1.807, 2.05) is 0 Å². The van der Waals surface area contributed by atoms with Crippen LogP contribution >= 0.6 is 0 Å². The summed E-state index contributed by atoms with van der Waals surface area (Å²) in [5.41, 5.74) is 0.544. The average molecular weight is 280 g/mol. The third kappa shape index (κ3) is 6.06. The van der Waals surface area contributed by atoms with Gasteiger partial charge in [-0.3, -0.25) is 0 Å². The molecule has 0 fully saturated rings. The lowest BCUT2D eigenvalue weighted by atomic mass is 10.2. The number of carbonyl (C=O) groups is 1. The Labute approximate surface area is 121 Å². The maximum atomic E-state index is 11.3. The topological polar surface area (TPSA) is 52.1 Å². The van der Waals surface area contributed by atoms with E-state index in [-0.39, 0.29) is 5.97 Å². The summed E-state index contributed by atoms with van der Waals surface area (Å²) < 4.78 is 10.3. The van der Waals surface area contributed by atoms with Gasteiger partial charge in [-0.25, -0.2) is 4.79 Å². The molecular formula is C16H26NO3+. The lowest BCUT2D eigenvalue weighted by Gasteiger charge is -2.09. The molecule has 20 heavy (non-hydrogen) atoms. The fraction of sp³-hybridized carbons (Fsp3) is 0.562. The zero-order valence-corrected chi connectivity index (χ0v) is 12.7. The zero-order valence-electron chi connectivity index (χ0n) is 12.7. The van der Waals surface area contributed by atoms with E-state index in [2.05, 4.69) is 23.9 Å². The maximum Gasteiger partial charge on any atom is 0.337 e. The summed E-state index contributed by atoms with van der Waals surface area (Å²) in [6, 6.07) is 7.76. The summed E-state index contributed by atoms with van der Waals surface area (Å²) in [6.07, 6.45) is 3.42. The lowest BCUT2D eigenvalue weighted by Crippen LogP contribution is -2.89. The Kier molecular flexibility index (Phi) is 7.73. The number of methoxy groups -OCH3 is 1. The number of unbranched alkanes of at least 4 members (excludes halogenated alkanes) is 1. The Bertz CT molecular complexity index is 389. The molecule has 0 radical (unpaired) electrons. The Morgan fingerprint density at radius 2 is 1.95 bits per heavy atom. The Hall–Kier alpha value is -1.55. The van der Waals surface area contributed by atoms with Crippen molar-refractivity contribution in [1.29, 1.82) is 0 Å². The van der Waals surface area contributed by atoms with Gasteiger partial charge < -0.3 is 14.8 Å². The number of carbonyl (C=O) groups excluding carboxylic acids is 1. The van der Waals surface area contributed by atoms with Crippen LogP contribution in [0.2, 0.25) is 0 Å². The highest BCUT2D eigenvalue weighted by Crippen LogP contribution is 2.13. The summed E-state index contributed by atoms with van der Waals surface area (Å²) in [6.45, 7) is 6.33. The largest absolute Gasteiger partial charge is 0.494 e. The van der Waals surface area contributed by atoms with Crippen LogP contribution in [0.25, 0.3) is 0 Å². The number of hydrogen-bond donors (Lipinski definition) is 1. The molecule has 0 amide bonds. The molecule has 1 aromatic rings. The SMILES string of the molecule is CC[C@H](C)[NH2+]CCCCOc1ccc(C(=O)OC)cc1. The third-order valence-corrected chi connectivity index (χ3v) is 3.36. The highest BCUT2D eigenvalue weighted by molar-refractivity contribution is 5.89. The fourth-order valence-electron chi connectivity index (χ4n) is 1.81. The van der Waals surface area contributed by atoms with Crippen molar-refractivity contribution < 1.29 is 19.6 Å². The van der Waals surface area contributed by atoms with Crippen molar-refractivity contribution in [3.8, 4) is 5.75 Å². The molecule has 0 aliphatic carbocycles. The van der Waals surface area contributed by atoms with Gasteiger partial charge >= 0.3 is 5.97 Å². The number of esters is 1. The van der Waals surface area contributed by atoms with Crippen LogP contribution in [0.3, 0.4) is 0 Å². The van der Waals surface area contributed by atoms with Gasteiger partial charge in [-0.1, -0.05) is 6.92 Å². The highest BCUT2D eigenvalue weighted by atomic mass is 16.5. The summed E-state index contributed by atoms with van der Waals surface area (Å²) in [4.78, 5) is 11.3. The summed E-state index contributed by atoms with van der Waals surface area (Å²) >= 11 is 0. The second-order valence-electron chi connectivity index (χ2n) is 4.98. The van der Waals surface area contributed by atoms with Crippen molar-refractivity contribution in [2.45, 2.75) is 39.2 Å². The van der Waals surface area contributed by atoms with Gasteiger partial charge in [0.2, 0.25) is 0 Å². The smallest absolute Gasteiger partial charge is 0.337 e. The molecular weight excluding hydrogens is 254 g/mol. The van der Waals surface area contributed by atoms with E-state index in [0.717, 1.165) is 25.1 Å². The molecule has 4 heteroatoms. The minimum atomic E-state index is -0.322. The van der Waals surface area contributed by atoms with Crippen LogP contribution in [0.1, 0.15) is 43.5 Å². The normalized spacial score (nSPS) is 11.9. The summed E-state index contributed by atoms with van der Waals surface area (Å²) in [7, 11) is 1.38. The second-order valence-corrected chi connectivity index (χ2v) is 4.98. The van der Waals surface area contributed by atoms with Crippen LogP contribution in [0.4, 0.5) is 0 Å². The van der Waals surface area contributed by atoms with Crippen molar-refractivity contribution in [3.63, 3.8) is 0 Å². The molecule has 112 valence electrons. The van der Waals surface area contributed by atoms with Crippen LogP contribution in [0, 0.1) is 0 Å². The standard InChI is InChI=1S/C16H25NO3/c1-4-13(2)17-11-5-6-12-20-15-9-7-14(8-10-15)16(18)19-3/h7-10,13,17H,4-6,11-12H2,1-3H3/p+1/t13-/m0/s1. The van der Waals surface area contributed by atoms with Crippen molar-refractivity contribution in [1.82, 2.24) is 0 Å². The van der Waals surface area contributed by atoms with Crippen LogP contribution in [0.5, 0.6) is 5.75 Å². The van der Waals surface area contributed by atoms with E-state index in [0.29, 0.717) is 18.2 Å². The molecule has 1 atom stereocenters. The van der Waals surface area contributed by atoms with Crippen molar-refractivity contribution >= 4 is 5.97 Å². The number of rotatable bonds is 9. The predicted molar refractivity (Wildman–Crippen MR) is 79.1 cm³/mol. The Morgan fingerprint density at radius 3 is 2.55 bits per heavy atom. The molecule has 0 unspecified atom stereocenters. The van der Waals surface area contributed by atoms with Crippen LogP contribution in [-0.2, 0) is 4.74 Å². The molecule has 0 aromatic heterocycles. The van der Waals surface area contributed by atoms with Gasteiger partial charge in [-0.2, -0.15) is 0 Å². The monoisotopic (exact) mass is 280 g/mol. The van der Waals surface area contributed by atoms with Gasteiger partial charge in [0.25, 0.3) is 0 Å². The van der Waals surface area contributed by atoms with Crippen molar-refractivity contribution in [2.75, 3.05) is 20.3 Å². The van der Waals surface area contributed by atoms with Gasteiger partial charge in [0.1, 0.15) is 5.75 Å². The first-order chi connectivity index (χ1) is 9.67. The molecule has 2 N–H and O–H groups in total. The maximum absolute atomic E-state index is 11.3. The van der Waals surface area contributed by atoms with Gasteiger partial charge in [-0.15, -0.1) is 0 Å². The highest BCUT2D eigenvalue weighted by Gasteiger charge is 2.04. The first-order valence-electron chi connectivity index (χ1n) is 7.31. The quantitative estimate of drug-likeness (QED) is 0.556. The van der Waals surface area contributed by atoms with E-state index in [1.165, 1.54) is 13.5 Å². The lowest BCUT2D eigenvalue weighted by molar-refractivity contribution is -0.686.